The van der Waals surface area contributed by atoms with E-state index in [1.54, 1.807) is 14.2 Å². The van der Waals surface area contributed by atoms with Crippen molar-refractivity contribution in [2.75, 3.05) is 27.3 Å². The van der Waals surface area contributed by atoms with E-state index in [0.29, 0.717) is 5.92 Å². The maximum absolute atomic E-state index is 5.41. The van der Waals surface area contributed by atoms with Gasteiger partial charge in [-0.25, -0.2) is 10.4 Å². The summed E-state index contributed by atoms with van der Waals surface area (Å²) in [4.78, 5) is 7.91. The number of hydrogen-bond donors (Lipinski definition) is 2. The van der Waals surface area contributed by atoms with E-state index in [0.717, 1.165) is 68.6 Å². The van der Waals surface area contributed by atoms with Crippen molar-refractivity contribution < 1.29 is 9.47 Å². The first-order chi connectivity index (χ1) is 20.6. The largest absolute Gasteiger partial charge is 0.497 e. The Morgan fingerprint density at radius 1 is 0.881 bits per heavy atom. The van der Waals surface area contributed by atoms with Gasteiger partial charge in [0.1, 0.15) is 17.3 Å². The molecule has 3 aromatic rings. The molecule has 3 heterocycles. The topological polar surface area (TPSA) is 61.4 Å². The highest BCUT2D eigenvalue weighted by molar-refractivity contribution is 6.02. The van der Waals surface area contributed by atoms with E-state index in [2.05, 4.69) is 100 Å². The number of benzene rings is 3. The van der Waals surface area contributed by atoms with Crippen molar-refractivity contribution >= 4 is 5.84 Å². The van der Waals surface area contributed by atoms with Gasteiger partial charge in [-0.15, -0.1) is 0 Å². The van der Waals surface area contributed by atoms with E-state index in [-0.39, 0.29) is 6.04 Å². The molecule has 218 valence electrons. The number of nitrogens with zero attached hydrogens (tertiary/aromatic N) is 3. The summed E-state index contributed by atoms with van der Waals surface area (Å²) in [5.74, 6) is 4.12. The van der Waals surface area contributed by atoms with Crippen molar-refractivity contribution in [1.29, 1.82) is 0 Å². The number of aliphatic imine (C=N–C) groups is 1. The molecule has 7 heteroatoms. The fourth-order valence-corrected chi connectivity index (χ4v) is 6.23. The van der Waals surface area contributed by atoms with Crippen LogP contribution in [-0.2, 0) is 19.5 Å². The first-order valence-electron chi connectivity index (χ1n) is 15.0. The van der Waals surface area contributed by atoms with Gasteiger partial charge < -0.3 is 19.7 Å². The van der Waals surface area contributed by atoms with Gasteiger partial charge in [0, 0.05) is 36.8 Å². The summed E-state index contributed by atoms with van der Waals surface area (Å²) in [7, 11) is 3.43. The minimum atomic E-state index is 0.258. The number of hydrogen-bond acceptors (Lipinski definition) is 7. The molecule has 0 aliphatic carbocycles. The molecule has 0 spiro atoms. The van der Waals surface area contributed by atoms with E-state index < -0.39 is 0 Å². The van der Waals surface area contributed by atoms with Crippen LogP contribution in [0.1, 0.15) is 36.5 Å². The first-order valence-corrected chi connectivity index (χ1v) is 15.0. The number of rotatable bonds is 10. The molecule has 42 heavy (non-hydrogen) atoms. The van der Waals surface area contributed by atoms with Crippen LogP contribution < -0.4 is 20.2 Å². The molecule has 6 rings (SSSR count). The van der Waals surface area contributed by atoms with Crippen LogP contribution in [-0.4, -0.2) is 49.1 Å². The Morgan fingerprint density at radius 3 is 2.43 bits per heavy atom. The maximum atomic E-state index is 5.41. The monoisotopic (exact) mass is 563 g/mol. The van der Waals surface area contributed by atoms with Crippen molar-refractivity contribution in [3.8, 4) is 11.5 Å². The van der Waals surface area contributed by atoms with Crippen LogP contribution in [0.5, 0.6) is 11.5 Å². The molecule has 1 saturated heterocycles. The smallest absolute Gasteiger partial charge is 0.152 e. The predicted octanol–water partition coefficient (Wildman–Crippen LogP) is 5.66. The van der Waals surface area contributed by atoms with Gasteiger partial charge in [0.05, 0.1) is 26.8 Å². The Balaban J connectivity index is 1.29. The highest BCUT2D eigenvalue weighted by Crippen LogP contribution is 2.38. The quantitative estimate of drug-likeness (QED) is 0.332. The lowest BCUT2D eigenvalue weighted by Gasteiger charge is -2.38. The highest BCUT2D eigenvalue weighted by Gasteiger charge is 2.41. The van der Waals surface area contributed by atoms with Gasteiger partial charge in [0.15, 0.2) is 5.84 Å². The van der Waals surface area contributed by atoms with Gasteiger partial charge in [-0.2, -0.15) is 0 Å². The Kier molecular flexibility index (Phi) is 8.47. The van der Waals surface area contributed by atoms with Crippen LogP contribution in [0, 0.1) is 5.92 Å². The van der Waals surface area contributed by atoms with Gasteiger partial charge in [0.25, 0.3) is 0 Å². The average molecular weight is 564 g/mol. The standard InChI is InChI=1S/C35H41N5O2/c1-25-12-17-32(36-20-18-26-10-7-11-30(22-26)42-3)37-35-33-31(38-40(35)24-27-8-5-4-6-9-27)19-21-39(34(25)33)23-28-13-15-29(41-2)16-14-28/h4-11,13-17,22,25,31,36,38H,12,18-21,23-24H2,1-3H3. The number of ether oxygens (including phenoxy) is 2. The molecule has 2 atom stereocenters. The lowest BCUT2D eigenvalue weighted by Crippen LogP contribution is -2.41. The maximum Gasteiger partial charge on any atom is 0.152 e. The molecule has 0 saturated carbocycles. The predicted molar refractivity (Wildman–Crippen MR) is 168 cm³/mol. The fourth-order valence-electron chi connectivity index (χ4n) is 6.23. The second-order valence-corrected chi connectivity index (χ2v) is 11.3. The van der Waals surface area contributed by atoms with E-state index in [1.807, 2.05) is 12.1 Å². The molecular weight excluding hydrogens is 522 g/mol. The molecule has 3 aromatic carbocycles. The normalized spacial score (nSPS) is 19.9. The Hall–Kier alpha value is -4.23. The van der Waals surface area contributed by atoms with E-state index >= 15 is 0 Å². The van der Waals surface area contributed by atoms with Crippen LogP contribution in [0.4, 0.5) is 0 Å². The molecule has 2 N–H and O–H groups in total. The second kappa shape index (κ2) is 12.7. The zero-order valence-corrected chi connectivity index (χ0v) is 24.8. The van der Waals surface area contributed by atoms with E-state index in [4.69, 9.17) is 14.5 Å². The highest BCUT2D eigenvalue weighted by atomic mass is 16.5. The summed E-state index contributed by atoms with van der Waals surface area (Å²) < 4.78 is 10.8. The molecule has 7 nitrogen and oxygen atoms in total. The van der Waals surface area contributed by atoms with Crippen molar-refractivity contribution in [3.63, 3.8) is 0 Å². The van der Waals surface area contributed by atoms with Gasteiger partial charge in [-0.1, -0.05) is 61.5 Å². The van der Waals surface area contributed by atoms with Gasteiger partial charge in [-0.3, -0.25) is 5.01 Å². The van der Waals surface area contributed by atoms with Crippen molar-refractivity contribution in [2.24, 2.45) is 10.9 Å². The van der Waals surface area contributed by atoms with Gasteiger partial charge in [-0.05, 0) is 66.3 Å². The van der Waals surface area contributed by atoms with Crippen LogP contribution in [0.3, 0.4) is 0 Å². The van der Waals surface area contributed by atoms with Gasteiger partial charge >= 0.3 is 0 Å². The number of methoxy groups -OCH3 is 2. The number of hydrazine groups is 1. The molecule has 0 amide bonds. The Labute approximate surface area is 249 Å². The number of allylic oxidation sites excluding steroid dienone is 2. The Morgan fingerprint density at radius 2 is 1.64 bits per heavy atom. The van der Waals surface area contributed by atoms with Crippen molar-refractivity contribution in [3.05, 3.63) is 119 Å². The minimum absolute atomic E-state index is 0.258. The summed E-state index contributed by atoms with van der Waals surface area (Å²) in [5, 5.41) is 5.92. The number of amidine groups is 1. The fraction of sp³-hybridized carbons (Fsp3) is 0.343. The average Bonchev–Trinajstić information content (AvgIpc) is 3.35. The molecule has 0 radical (unpaired) electrons. The molecule has 0 aromatic heterocycles. The summed E-state index contributed by atoms with van der Waals surface area (Å²) in [6.07, 6.45) is 5.14. The summed E-state index contributed by atoms with van der Waals surface area (Å²) in [6.45, 7) is 5.81. The van der Waals surface area contributed by atoms with Gasteiger partial charge in [0.2, 0.25) is 0 Å². The molecule has 1 fully saturated rings. The van der Waals surface area contributed by atoms with E-state index in [9.17, 15) is 0 Å². The number of nitrogens with one attached hydrogen (secondary N) is 2. The zero-order valence-electron chi connectivity index (χ0n) is 24.8. The van der Waals surface area contributed by atoms with Crippen molar-refractivity contribution in [2.45, 2.75) is 45.3 Å². The molecule has 3 aliphatic rings. The summed E-state index contributed by atoms with van der Waals surface area (Å²) >= 11 is 0. The lowest BCUT2D eigenvalue weighted by molar-refractivity contribution is 0.237. The minimum Gasteiger partial charge on any atom is -0.497 e. The third-order valence-electron chi connectivity index (χ3n) is 8.39. The SMILES string of the molecule is COc1ccc(CN2CCC3NN(Cc4ccccc4)C4=NC(NCCc5cccc(OC)c5)=CCC(C)C2=C43)cc1. The summed E-state index contributed by atoms with van der Waals surface area (Å²) in [6, 6.07) is 27.7. The third-order valence-corrected chi connectivity index (χ3v) is 8.39. The zero-order chi connectivity index (χ0) is 28.9. The molecule has 0 bridgehead atoms. The Bertz CT molecular complexity index is 1460. The lowest BCUT2D eigenvalue weighted by atomic mass is 9.88. The first kappa shape index (κ1) is 27.9. The van der Waals surface area contributed by atoms with E-state index in [1.165, 1.54) is 28.0 Å². The van der Waals surface area contributed by atoms with Crippen LogP contribution in [0.25, 0.3) is 0 Å². The third kappa shape index (κ3) is 6.16. The summed E-state index contributed by atoms with van der Waals surface area (Å²) in [5.41, 5.74) is 10.4. The molecule has 3 aliphatic heterocycles. The molecular formula is C35H41N5O2. The van der Waals surface area contributed by atoms with Crippen LogP contribution in [0.2, 0.25) is 0 Å². The van der Waals surface area contributed by atoms with Crippen LogP contribution in [0.15, 0.2) is 107 Å². The molecule has 2 unspecified atom stereocenters. The van der Waals surface area contributed by atoms with Crippen LogP contribution >= 0.6 is 0 Å². The van der Waals surface area contributed by atoms with Crippen molar-refractivity contribution in [1.82, 2.24) is 20.7 Å². The second-order valence-electron chi connectivity index (χ2n) is 11.3.